The van der Waals surface area contributed by atoms with Gasteiger partial charge in [-0.25, -0.2) is 8.78 Å². The molecule has 2 bridgehead atoms. The Bertz CT molecular complexity index is 770. The molecule has 0 radical (unpaired) electrons. The molecule has 0 aliphatic carbocycles. The fraction of sp³-hybridized carbons (Fsp3) is 0.429. The first kappa shape index (κ1) is 17.6. The molecule has 0 unspecified atom stereocenters. The van der Waals surface area contributed by atoms with Gasteiger partial charge in [0.2, 0.25) is 0 Å². The monoisotopic (exact) mass is 359 g/mol. The Hall–Kier alpha value is -1.82. The lowest BCUT2D eigenvalue weighted by Crippen LogP contribution is -2.48. The zero-order chi connectivity index (χ0) is 18.2. The number of rotatable bonds is 6. The van der Waals surface area contributed by atoms with Crippen molar-refractivity contribution in [2.45, 2.75) is 49.5 Å². The van der Waals surface area contributed by atoms with E-state index in [2.05, 4.69) is 5.32 Å². The van der Waals surface area contributed by atoms with Crippen LogP contribution in [-0.2, 0) is 11.3 Å². The van der Waals surface area contributed by atoms with Gasteiger partial charge in [-0.05, 0) is 61.1 Å². The number of aliphatic hydroxyl groups is 1. The van der Waals surface area contributed by atoms with E-state index in [1.54, 1.807) is 24.3 Å². The number of benzene rings is 2. The molecule has 2 fully saturated rings. The first-order valence-corrected chi connectivity index (χ1v) is 9.05. The van der Waals surface area contributed by atoms with E-state index in [1.807, 2.05) is 0 Å². The van der Waals surface area contributed by atoms with Crippen molar-refractivity contribution in [2.75, 3.05) is 6.61 Å². The summed E-state index contributed by atoms with van der Waals surface area (Å²) in [6.07, 6.45) is 2.78. The summed E-state index contributed by atoms with van der Waals surface area (Å²) in [7, 11) is 0. The Balaban J connectivity index is 1.39. The molecular weight excluding hydrogens is 336 g/mol. The van der Waals surface area contributed by atoms with Crippen molar-refractivity contribution in [3.05, 3.63) is 71.3 Å². The van der Waals surface area contributed by atoms with Crippen molar-refractivity contribution >= 4 is 0 Å². The molecule has 2 aromatic rings. The molecular formula is C21H23F2NO2. The summed E-state index contributed by atoms with van der Waals surface area (Å²) in [5.74, 6) is -0.584. The van der Waals surface area contributed by atoms with Crippen LogP contribution in [0.5, 0.6) is 0 Å². The minimum atomic E-state index is -0.736. The second-order valence-electron chi connectivity index (χ2n) is 7.64. The van der Waals surface area contributed by atoms with Crippen LogP contribution in [0.2, 0.25) is 0 Å². The molecule has 0 saturated carbocycles. The third kappa shape index (κ3) is 3.27. The molecule has 26 heavy (non-hydrogen) atoms. The summed E-state index contributed by atoms with van der Waals surface area (Å²) in [5, 5.41) is 14.5. The maximum Gasteiger partial charge on any atom is 0.123 e. The van der Waals surface area contributed by atoms with Gasteiger partial charge in [0.25, 0.3) is 0 Å². The predicted octanol–water partition coefficient (Wildman–Crippen LogP) is 3.87. The van der Waals surface area contributed by atoms with Crippen LogP contribution in [0.4, 0.5) is 8.78 Å². The molecule has 0 aromatic heterocycles. The molecule has 0 spiro atoms. The van der Waals surface area contributed by atoms with E-state index in [1.165, 1.54) is 24.3 Å². The van der Waals surface area contributed by atoms with Crippen LogP contribution in [0.1, 0.15) is 42.9 Å². The fourth-order valence-corrected chi connectivity index (χ4v) is 4.42. The van der Waals surface area contributed by atoms with Crippen molar-refractivity contribution in [3.63, 3.8) is 0 Å². The van der Waals surface area contributed by atoms with E-state index in [0.29, 0.717) is 18.8 Å². The minimum Gasteiger partial charge on any atom is -0.386 e. The number of halogens is 2. The van der Waals surface area contributed by atoms with Gasteiger partial charge in [-0.15, -0.1) is 0 Å². The molecule has 1 atom stereocenters. The predicted molar refractivity (Wildman–Crippen MR) is 94.5 cm³/mol. The molecule has 2 aromatic carbocycles. The molecule has 138 valence electrons. The highest BCUT2D eigenvalue weighted by Gasteiger charge is 2.57. The van der Waals surface area contributed by atoms with Gasteiger partial charge in [0.05, 0.1) is 19.3 Å². The number of aliphatic hydroxyl groups excluding tert-OH is 1. The van der Waals surface area contributed by atoms with E-state index >= 15 is 0 Å². The Kier molecular flexibility index (Phi) is 4.55. The largest absolute Gasteiger partial charge is 0.386 e. The lowest BCUT2D eigenvalue weighted by Gasteiger charge is -2.32. The van der Waals surface area contributed by atoms with Crippen LogP contribution in [0.3, 0.4) is 0 Å². The second-order valence-corrected chi connectivity index (χ2v) is 7.64. The Morgan fingerprint density at radius 3 is 2.42 bits per heavy atom. The third-order valence-electron chi connectivity index (χ3n) is 5.86. The summed E-state index contributed by atoms with van der Waals surface area (Å²) in [6.45, 7) is 0.977. The highest BCUT2D eigenvalue weighted by molar-refractivity contribution is 5.27. The van der Waals surface area contributed by atoms with Crippen molar-refractivity contribution in [1.29, 1.82) is 0 Å². The Morgan fingerprint density at radius 1 is 1.00 bits per heavy atom. The fourth-order valence-electron chi connectivity index (χ4n) is 4.42. The molecule has 4 rings (SSSR count). The number of fused-ring (bicyclic) bond motifs is 2. The van der Waals surface area contributed by atoms with Crippen LogP contribution in [0.15, 0.2) is 48.5 Å². The minimum absolute atomic E-state index is 0.145. The van der Waals surface area contributed by atoms with Crippen molar-refractivity contribution in [2.24, 2.45) is 0 Å². The second kappa shape index (κ2) is 6.72. The number of nitrogens with one attached hydrogen (secondary N) is 1. The lowest BCUT2D eigenvalue weighted by atomic mass is 9.78. The topological polar surface area (TPSA) is 41.5 Å². The van der Waals surface area contributed by atoms with Gasteiger partial charge in [0.15, 0.2) is 0 Å². The van der Waals surface area contributed by atoms with Gasteiger partial charge in [0.1, 0.15) is 11.6 Å². The van der Waals surface area contributed by atoms with Gasteiger partial charge in [-0.1, -0.05) is 24.3 Å². The van der Waals surface area contributed by atoms with Crippen molar-refractivity contribution < 1.29 is 18.6 Å². The summed E-state index contributed by atoms with van der Waals surface area (Å²) in [6, 6.07) is 12.5. The standard InChI is InChI=1S/C21H23F2NO2/c22-17-6-4-15(5-7-17)13-26-14-20-8-10-21(24-20,11-9-20)19(25)16-2-1-3-18(23)12-16/h1-7,12,19,24-25H,8-11,13-14H2/t19-,20?,21?/m1/s1. The van der Waals surface area contributed by atoms with Crippen molar-refractivity contribution in [3.8, 4) is 0 Å². The molecule has 2 aliphatic heterocycles. The van der Waals surface area contributed by atoms with Crippen LogP contribution >= 0.6 is 0 Å². The maximum absolute atomic E-state index is 13.5. The van der Waals surface area contributed by atoms with Crippen LogP contribution in [0.25, 0.3) is 0 Å². The Morgan fingerprint density at radius 2 is 1.73 bits per heavy atom. The molecule has 2 heterocycles. The van der Waals surface area contributed by atoms with Crippen molar-refractivity contribution in [1.82, 2.24) is 5.32 Å². The Labute approximate surface area is 152 Å². The lowest BCUT2D eigenvalue weighted by molar-refractivity contribution is 0.0606. The normalized spacial score (nSPS) is 28.4. The summed E-state index contributed by atoms with van der Waals surface area (Å²) in [4.78, 5) is 0. The van der Waals surface area contributed by atoms with Crippen LogP contribution in [0, 0.1) is 11.6 Å². The van der Waals surface area contributed by atoms with E-state index in [4.69, 9.17) is 4.74 Å². The molecule has 3 nitrogen and oxygen atoms in total. The van der Waals surface area contributed by atoms with Crippen LogP contribution < -0.4 is 5.32 Å². The summed E-state index contributed by atoms with van der Waals surface area (Å²) < 4.78 is 32.4. The van der Waals surface area contributed by atoms with Gasteiger partial charge in [-0.3, -0.25) is 0 Å². The van der Waals surface area contributed by atoms with E-state index in [-0.39, 0.29) is 17.2 Å². The van der Waals surface area contributed by atoms with Gasteiger partial charge < -0.3 is 15.2 Å². The first-order valence-electron chi connectivity index (χ1n) is 9.05. The SMILES string of the molecule is O[C@H](c1cccc(F)c1)C12CCC(COCc3ccc(F)cc3)(CC1)N2. The molecule has 2 aliphatic rings. The number of ether oxygens (including phenoxy) is 1. The van der Waals surface area contributed by atoms with Gasteiger partial charge in [-0.2, -0.15) is 0 Å². The highest BCUT2D eigenvalue weighted by atomic mass is 19.1. The average Bonchev–Trinajstić information content (AvgIpc) is 3.20. The first-order chi connectivity index (χ1) is 12.5. The van der Waals surface area contributed by atoms with Gasteiger partial charge in [0, 0.05) is 11.1 Å². The smallest absolute Gasteiger partial charge is 0.123 e. The van der Waals surface area contributed by atoms with E-state index in [0.717, 1.165) is 31.2 Å². The zero-order valence-electron chi connectivity index (χ0n) is 14.6. The maximum atomic E-state index is 13.5. The van der Waals surface area contributed by atoms with Crippen LogP contribution in [-0.4, -0.2) is 22.8 Å². The van der Waals surface area contributed by atoms with E-state index < -0.39 is 11.6 Å². The van der Waals surface area contributed by atoms with E-state index in [9.17, 15) is 13.9 Å². The number of hydrogen-bond acceptors (Lipinski definition) is 3. The molecule has 5 heteroatoms. The average molecular weight is 359 g/mol. The highest BCUT2D eigenvalue weighted by Crippen LogP contribution is 2.50. The summed E-state index contributed by atoms with van der Waals surface area (Å²) >= 11 is 0. The zero-order valence-corrected chi connectivity index (χ0v) is 14.6. The molecule has 2 N–H and O–H groups in total. The third-order valence-corrected chi connectivity index (χ3v) is 5.86. The van der Waals surface area contributed by atoms with Gasteiger partial charge >= 0.3 is 0 Å². The molecule has 0 amide bonds. The molecule has 2 saturated heterocycles. The number of hydrogen-bond donors (Lipinski definition) is 2. The quantitative estimate of drug-likeness (QED) is 0.823. The summed E-state index contributed by atoms with van der Waals surface area (Å²) in [5.41, 5.74) is 0.994.